The molecule has 2 amide bonds. The molecule has 8 nitrogen and oxygen atoms in total. The molecule has 0 unspecified atom stereocenters. The number of amides is 2. The molecular formula is C15H15N3O5S. The van der Waals surface area contributed by atoms with Crippen LogP contribution in [0.4, 0.5) is 10.7 Å². The quantitative estimate of drug-likeness (QED) is 0.612. The third kappa shape index (κ3) is 3.87. The third-order valence-electron chi connectivity index (χ3n) is 3.15. The Labute approximate surface area is 141 Å². The van der Waals surface area contributed by atoms with Crippen molar-refractivity contribution in [1.29, 1.82) is 0 Å². The van der Waals surface area contributed by atoms with Gasteiger partial charge in [-0.1, -0.05) is 6.07 Å². The molecule has 3 N–H and O–H groups in total. The predicted molar refractivity (Wildman–Crippen MR) is 89.4 cm³/mol. The van der Waals surface area contributed by atoms with E-state index in [0.717, 1.165) is 11.3 Å². The fourth-order valence-corrected chi connectivity index (χ4v) is 2.72. The van der Waals surface area contributed by atoms with E-state index in [2.05, 4.69) is 5.32 Å². The lowest BCUT2D eigenvalue weighted by Gasteiger charge is -2.14. The molecule has 0 bridgehead atoms. The highest BCUT2D eigenvalue weighted by Gasteiger charge is 2.22. The molecule has 9 heteroatoms. The number of nitro benzene ring substituents is 1. The Morgan fingerprint density at radius 2 is 2.08 bits per heavy atom. The van der Waals surface area contributed by atoms with Crippen molar-refractivity contribution in [3.63, 3.8) is 0 Å². The molecule has 0 aliphatic carbocycles. The summed E-state index contributed by atoms with van der Waals surface area (Å²) in [6.45, 7) is 3.17. The lowest BCUT2D eigenvalue weighted by atomic mass is 10.2. The average molecular weight is 349 g/mol. The molecule has 0 saturated heterocycles. The number of rotatable bonds is 6. The minimum Gasteiger partial charge on any atom is -0.474 e. The molecule has 0 saturated carbocycles. The van der Waals surface area contributed by atoms with E-state index in [-0.39, 0.29) is 17.0 Å². The number of aryl methyl sites for hydroxylation is 1. The maximum Gasteiger partial charge on any atom is 0.311 e. The Morgan fingerprint density at radius 3 is 2.71 bits per heavy atom. The first-order chi connectivity index (χ1) is 11.3. The van der Waals surface area contributed by atoms with Crippen molar-refractivity contribution >= 4 is 33.8 Å². The van der Waals surface area contributed by atoms with E-state index >= 15 is 0 Å². The normalized spacial score (nSPS) is 11.6. The number of primary amides is 1. The van der Waals surface area contributed by atoms with Crippen molar-refractivity contribution in [1.82, 2.24) is 0 Å². The smallest absolute Gasteiger partial charge is 0.311 e. The van der Waals surface area contributed by atoms with Crippen molar-refractivity contribution < 1.29 is 19.2 Å². The number of hydrogen-bond donors (Lipinski definition) is 2. The minimum absolute atomic E-state index is 0.00504. The van der Waals surface area contributed by atoms with Gasteiger partial charge in [0.2, 0.25) is 0 Å². The van der Waals surface area contributed by atoms with Crippen molar-refractivity contribution in [3.05, 3.63) is 50.9 Å². The summed E-state index contributed by atoms with van der Waals surface area (Å²) in [5.74, 6) is -1.21. The van der Waals surface area contributed by atoms with E-state index in [0.29, 0.717) is 10.6 Å². The van der Waals surface area contributed by atoms with E-state index < -0.39 is 22.8 Å². The number of thiophene rings is 1. The molecule has 1 heterocycles. The van der Waals surface area contributed by atoms with Crippen LogP contribution < -0.4 is 15.8 Å². The first-order valence-corrected chi connectivity index (χ1v) is 7.77. The second-order valence-corrected chi connectivity index (χ2v) is 5.92. The van der Waals surface area contributed by atoms with Gasteiger partial charge in [-0.25, -0.2) is 0 Å². The zero-order valence-electron chi connectivity index (χ0n) is 12.9. The molecule has 1 atom stereocenters. The summed E-state index contributed by atoms with van der Waals surface area (Å²) in [5, 5.41) is 15.5. The number of anilines is 1. The molecule has 2 rings (SSSR count). The zero-order chi connectivity index (χ0) is 17.9. The average Bonchev–Trinajstić information content (AvgIpc) is 2.97. The number of hydrogen-bond acceptors (Lipinski definition) is 6. The van der Waals surface area contributed by atoms with Gasteiger partial charge in [0.15, 0.2) is 11.9 Å². The van der Waals surface area contributed by atoms with Gasteiger partial charge < -0.3 is 15.8 Å². The molecule has 24 heavy (non-hydrogen) atoms. The largest absolute Gasteiger partial charge is 0.474 e. The molecule has 0 radical (unpaired) electrons. The molecule has 1 aromatic heterocycles. The third-order valence-corrected chi connectivity index (χ3v) is 3.98. The molecule has 0 aliphatic heterocycles. The van der Waals surface area contributed by atoms with E-state index in [1.807, 2.05) is 0 Å². The molecular weight excluding hydrogens is 334 g/mol. The molecule has 1 aromatic carbocycles. The predicted octanol–water partition coefficient (Wildman–Crippen LogP) is 2.47. The van der Waals surface area contributed by atoms with Crippen LogP contribution in [0, 0.1) is 17.0 Å². The second kappa shape index (κ2) is 7.09. The number of nitro groups is 1. The highest BCUT2D eigenvalue weighted by Crippen LogP contribution is 2.29. The van der Waals surface area contributed by atoms with Gasteiger partial charge in [0.25, 0.3) is 11.8 Å². The monoisotopic (exact) mass is 349 g/mol. The Balaban J connectivity index is 2.14. The topological polar surface area (TPSA) is 125 Å². The van der Waals surface area contributed by atoms with Gasteiger partial charge in [0, 0.05) is 6.07 Å². The molecule has 0 spiro atoms. The summed E-state index contributed by atoms with van der Waals surface area (Å²) in [5.41, 5.74) is 5.89. The summed E-state index contributed by atoms with van der Waals surface area (Å²) >= 11 is 1.14. The summed E-state index contributed by atoms with van der Waals surface area (Å²) in [4.78, 5) is 33.9. The Morgan fingerprint density at radius 1 is 1.38 bits per heavy atom. The highest BCUT2D eigenvalue weighted by atomic mass is 32.1. The molecule has 2 aromatic rings. The molecule has 0 aliphatic rings. The summed E-state index contributed by atoms with van der Waals surface area (Å²) in [6.07, 6.45) is -1.01. The van der Waals surface area contributed by atoms with Crippen LogP contribution in [0.25, 0.3) is 0 Å². The summed E-state index contributed by atoms with van der Waals surface area (Å²) < 4.78 is 5.41. The number of nitrogens with two attached hydrogens (primary N) is 1. The van der Waals surface area contributed by atoms with Crippen LogP contribution in [0.3, 0.4) is 0 Å². The fourth-order valence-electron chi connectivity index (χ4n) is 1.93. The van der Waals surface area contributed by atoms with Gasteiger partial charge in [0.1, 0.15) is 5.00 Å². The van der Waals surface area contributed by atoms with E-state index in [4.69, 9.17) is 10.5 Å². The number of carbonyl (C=O) groups excluding carboxylic acids is 2. The number of nitrogens with one attached hydrogen (secondary N) is 1. The summed E-state index contributed by atoms with van der Waals surface area (Å²) in [6, 6.07) is 5.96. The van der Waals surface area contributed by atoms with Crippen LogP contribution in [0.15, 0.2) is 29.6 Å². The Hall–Kier alpha value is -2.94. The van der Waals surface area contributed by atoms with Crippen LogP contribution in [0.2, 0.25) is 0 Å². The standard InChI is InChI=1S/C15H15N3O5S/c1-8-3-4-12(11(7-8)18(21)22)23-9(2)14(20)17-15-10(13(16)19)5-6-24-15/h3-7,9H,1-2H3,(H2,16,19)(H,17,20)/t9-/m1/s1. The Bertz CT molecular complexity index is 802. The minimum atomic E-state index is -1.01. The maximum absolute atomic E-state index is 12.2. The van der Waals surface area contributed by atoms with Crippen LogP contribution in [0.5, 0.6) is 5.75 Å². The van der Waals surface area contributed by atoms with Gasteiger partial charge in [-0.3, -0.25) is 19.7 Å². The van der Waals surface area contributed by atoms with Gasteiger partial charge >= 0.3 is 5.69 Å². The van der Waals surface area contributed by atoms with Gasteiger partial charge in [-0.2, -0.15) is 0 Å². The highest BCUT2D eigenvalue weighted by molar-refractivity contribution is 7.14. The van der Waals surface area contributed by atoms with E-state index in [1.165, 1.54) is 25.1 Å². The van der Waals surface area contributed by atoms with Crippen molar-refractivity contribution in [2.75, 3.05) is 5.32 Å². The number of ether oxygens (including phenoxy) is 1. The maximum atomic E-state index is 12.2. The lowest BCUT2D eigenvalue weighted by molar-refractivity contribution is -0.386. The van der Waals surface area contributed by atoms with Crippen LogP contribution in [-0.4, -0.2) is 22.8 Å². The second-order valence-electron chi connectivity index (χ2n) is 5.01. The summed E-state index contributed by atoms with van der Waals surface area (Å²) in [7, 11) is 0. The van der Waals surface area contributed by atoms with Gasteiger partial charge in [0.05, 0.1) is 10.5 Å². The molecule has 0 fully saturated rings. The zero-order valence-corrected chi connectivity index (χ0v) is 13.8. The fraction of sp³-hybridized carbons (Fsp3) is 0.200. The first-order valence-electron chi connectivity index (χ1n) is 6.89. The van der Waals surface area contributed by atoms with Crippen LogP contribution in [-0.2, 0) is 4.79 Å². The van der Waals surface area contributed by atoms with Gasteiger partial charge in [-0.15, -0.1) is 11.3 Å². The van der Waals surface area contributed by atoms with E-state index in [1.54, 1.807) is 18.4 Å². The van der Waals surface area contributed by atoms with E-state index in [9.17, 15) is 19.7 Å². The lowest BCUT2D eigenvalue weighted by Crippen LogP contribution is -2.30. The van der Waals surface area contributed by atoms with Crippen LogP contribution >= 0.6 is 11.3 Å². The van der Waals surface area contributed by atoms with Crippen molar-refractivity contribution in [2.45, 2.75) is 20.0 Å². The first kappa shape index (κ1) is 17.4. The SMILES string of the molecule is Cc1ccc(O[C@H](C)C(=O)Nc2sccc2C(N)=O)c([N+](=O)[O-])c1. The Kier molecular flexibility index (Phi) is 5.14. The van der Waals surface area contributed by atoms with Crippen molar-refractivity contribution in [2.24, 2.45) is 5.73 Å². The molecule has 126 valence electrons. The number of nitrogens with zero attached hydrogens (tertiary/aromatic N) is 1. The number of benzene rings is 1. The van der Waals surface area contributed by atoms with Crippen molar-refractivity contribution in [3.8, 4) is 5.75 Å². The van der Waals surface area contributed by atoms with Gasteiger partial charge in [-0.05, 0) is 36.9 Å². The number of carbonyl (C=O) groups is 2. The van der Waals surface area contributed by atoms with Crippen LogP contribution in [0.1, 0.15) is 22.8 Å².